The molecule has 1 atom stereocenters. The van der Waals surface area contributed by atoms with Crippen molar-refractivity contribution in [3.05, 3.63) is 0 Å². The number of carbonyl (C=O) groups excluding carboxylic acids is 1. The summed E-state index contributed by atoms with van der Waals surface area (Å²) in [4.78, 5) is 11.6. The second-order valence-corrected chi connectivity index (χ2v) is 5.80. The minimum atomic E-state index is -3.51. The fourth-order valence-electron chi connectivity index (χ4n) is 2.06. The third-order valence-corrected chi connectivity index (χ3v) is 5.20. The standard InChI is InChI=1S/C10H21N3O3S/c1-4-9-10(14)11-7-8-13(9)17(15,16)12(5-2)6-3/h9H,4-8H2,1-3H3,(H,11,14). The van der Waals surface area contributed by atoms with Crippen molar-refractivity contribution in [3.63, 3.8) is 0 Å². The first kappa shape index (κ1) is 14.4. The van der Waals surface area contributed by atoms with Gasteiger partial charge >= 0.3 is 0 Å². The first-order valence-corrected chi connectivity index (χ1v) is 7.43. The molecule has 0 radical (unpaired) electrons. The van der Waals surface area contributed by atoms with Gasteiger partial charge in [0.1, 0.15) is 6.04 Å². The van der Waals surface area contributed by atoms with Gasteiger partial charge in [-0.3, -0.25) is 4.79 Å². The molecule has 1 fully saturated rings. The zero-order chi connectivity index (χ0) is 13.1. The number of nitrogens with one attached hydrogen (secondary N) is 1. The van der Waals surface area contributed by atoms with Gasteiger partial charge in [0.25, 0.3) is 10.2 Å². The van der Waals surface area contributed by atoms with Gasteiger partial charge < -0.3 is 5.32 Å². The molecule has 0 bridgehead atoms. The molecule has 1 unspecified atom stereocenters. The monoisotopic (exact) mass is 263 g/mol. The number of piperazine rings is 1. The fourth-order valence-corrected chi connectivity index (χ4v) is 3.89. The van der Waals surface area contributed by atoms with Gasteiger partial charge in [-0.05, 0) is 6.42 Å². The minimum absolute atomic E-state index is 0.200. The van der Waals surface area contributed by atoms with E-state index in [4.69, 9.17) is 0 Å². The van der Waals surface area contributed by atoms with Gasteiger partial charge in [0.05, 0.1) is 0 Å². The molecule has 1 N–H and O–H groups in total. The van der Waals surface area contributed by atoms with E-state index in [0.717, 1.165) is 0 Å². The van der Waals surface area contributed by atoms with Crippen LogP contribution in [0.2, 0.25) is 0 Å². The van der Waals surface area contributed by atoms with E-state index in [9.17, 15) is 13.2 Å². The van der Waals surface area contributed by atoms with Crippen LogP contribution >= 0.6 is 0 Å². The lowest BCUT2D eigenvalue weighted by molar-refractivity contribution is -0.126. The van der Waals surface area contributed by atoms with Crippen molar-refractivity contribution < 1.29 is 13.2 Å². The fraction of sp³-hybridized carbons (Fsp3) is 0.900. The highest BCUT2D eigenvalue weighted by atomic mass is 32.2. The topological polar surface area (TPSA) is 69.7 Å². The minimum Gasteiger partial charge on any atom is -0.353 e. The molecule has 100 valence electrons. The van der Waals surface area contributed by atoms with Gasteiger partial charge in [0, 0.05) is 26.2 Å². The molecule has 7 heteroatoms. The van der Waals surface area contributed by atoms with E-state index in [1.54, 1.807) is 13.8 Å². The molecule has 0 aromatic carbocycles. The summed E-state index contributed by atoms with van der Waals surface area (Å²) >= 11 is 0. The first-order valence-electron chi connectivity index (χ1n) is 6.03. The maximum Gasteiger partial charge on any atom is 0.282 e. The van der Waals surface area contributed by atoms with Crippen LogP contribution in [0, 0.1) is 0 Å². The summed E-state index contributed by atoms with van der Waals surface area (Å²) in [5, 5.41) is 2.70. The van der Waals surface area contributed by atoms with Crippen molar-refractivity contribution in [1.82, 2.24) is 13.9 Å². The number of amides is 1. The van der Waals surface area contributed by atoms with Crippen LogP contribution in [0.3, 0.4) is 0 Å². The van der Waals surface area contributed by atoms with Gasteiger partial charge in [0.15, 0.2) is 0 Å². The van der Waals surface area contributed by atoms with Gasteiger partial charge in [-0.2, -0.15) is 17.0 Å². The van der Waals surface area contributed by atoms with Crippen molar-refractivity contribution in [2.45, 2.75) is 33.2 Å². The molecular formula is C10H21N3O3S. The van der Waals surface area contributed by atoms with Crippen LogP contribution in [0.4, 0.5) is 0 Å². The van der Waals surface area contributed by atoms with Crippen molar-refractivity contribution in [3.8, 4) is 0 Å². The Morgan fingerprint density at radius 2 is 1.94 bits per heavy atom. The third kappa shape index (κ3) is 2.78. The zero-order valence-electron chi connectivity index (χ0n) is 10.6. The second kappa shape index (κ2) is 5.79. The quantitative estimate of drug-likeness (QED) is 0.746. The molecule has 1 aliphatic rings. The average molecular weight is 263 g/mol. The largest absolute Gasteiger partial charge is 0.353 e. The first-order chi connectivity index (χ1) is 7.98. The second-order valence-electron chi connectivity index (χ2n) is 3.92. The van der Waals surface area contributed by atoms with Gasteiger partial charge in [-0.1, -0.05) is 20.8 Å². The molecule has 0 saturated carbocycles. The molecule has 1 aliphatic heterocycles. The van der Waals surface area contributed by atoms with E-state index in [1.807, 2.05) is 6.92 Å². The van der Waals surface area contributed by atoms with E-state index in [1.165, 1.54) is 8.61 Å². The molecule has 0 spiro atoms. The Kier molecular flexibility index (Phi) is 4.91. The highest BCUT2D eigenvalue weighted by Crippen LogP contribution is 2.16. The maximum atomic E-state index is 12.3. The van der Waals surface area contributed by atoms with Gasteiger partial charge in [0.2, 0.25) is 5.91 Å². The van der Waals surface area contributed by atoms with Gasteiger partial charge in [-0.25, -0.2) is 0 Å². The van der Waals surface area contributed by atoms with Crippen molar-refractivity contribution in [2.75, 3.05) is 26.2 Å². The number of nitrogens with zero attached hydrogens (tertiary/aromatic N) is 2. The highest BCUT2D eigenvalue weighted by Gasteiger charge is 2.38. The van der Waals surface area contributed by atoms with Crippen LogP contribution in [0.25, 0.3) is 0 Å². The molecule has 17 heavy (non-hydrogen) atoms. The summed E-state index contributed by atoms with van der Waals surface area (Å²) in [7, 11) is -3.51. The molecule has 6 nitrogen and oxygen atoms in total. The molecule has 0 aromatic rings. The van der Waals surface area contributed by atoms with Crippen molar-refractivity contribution >= 4 is 16.1 Å². The summed E-state index contributed by atoms with van der Waals surface area (Å²) in [5.41, 5.74) is 0. The summed E-state index contributed by atoms with van der Waals surface area (Å²) < 4.78 is 27.4. The average Bonchev–Trinajstić information content (AvgIpc) is 2.29. The molecule has 1 rings (SSSR count). The van der Waals surface area contributed by atoms with Crippen LogP contribution < -0.4 is 5.32 Å². The van der Waals surface area contributed by atoms with Gasteiger partial charge in [-0.15, -0.1) is 0 Å². The smallest absolute Gasteiger partial charge is 0.282 e. The predicted octanol–water partition coefficient (Wildman–Crippen LogP) is -0.217. The van der Waals surface area contributed by atoms with Crippen molar-refractivity contribution in [1.29, 1.82) is 0 Å². The molecule has 1 heterocycles. The van der Waals surface area contributed by atoms with Crippen LogP contribution in [-0.2, 0) is 15.0 Å². The van der Waals surface area contributed by atoms with Crippen LogP contribution in [0.1, 0.15) is 27.2 Å². The zero-order valence-corrected chi connectivity index (χ0v) is 11.5. The molecule has 1 amide bonds. The normalized spacial score (nSPS) is 22.8. The number of hydrogen-bond acceptors (Lipinski definition) is 3. The Morgan fingerprint density at radius 1 is 1.35 bits per heavy atom. The summed E-state index contributed by atoms with van der Waals surface area (Å²) in [5.74, 6) is -0.200. The Bertz CT molecular complexity index is 365. The molecular weight excluding hydrogens is 242 g/mol. The molecule has 0 aliphatic carbocycles. The lowest BCUT2D eigenvalue weighted by Crippen LogP contribution is -2.59. The molecule has 0 aromatic heterocycles. The lowest BCUT2D eigenvalue weighted by atomic mass is 10.2. The Labute approximate surface area is 103 Å². The number of carbonyl (C=O) groups is 1. The SMILES string of the molecule is CCC1C(=O)NCCN1S(=O)(=O)N(CC)CC. The van der Waals surface area contributed by atoms with Crippen LogP contribution in [0.15, 0.2) is 0 Å². The summed E-state index contributed by atoms with van der Waals surface area (Å²) in [6.45, 7) is 7.00. The van der Waals surface area contributed by atoms with Crippen LogP contribution in [0.5, 0.6) is 0 Å². The number of hydrogen-bond donors (Lipinski definition) is 1. The van der Waals surface area contributed by atoms with E-state index in [0.29, 0.717) is 32.6 Å². The summed E-state index contributed by atoms with van der Waals surface area (Å²) in [6, 6.07) is -0.575. The van der Waals surface area contributed by atoms with E-state index in [-0.39, 0.29) is 5.91 Å². The van der Waals surface area contributed by atoms with E-state index in [2.05, 4.69) is 5.32 Å². The Hall–Kier alpha value is -0.660. The molecule has 1 saturated heterocycles. The predicted molar refractivity (Wildman–Crippen MR) is 65.6 cm³/mol. The Balaban J connectivity index is 2.99. The third-order valence-electron chi connectivity index (χ3n) is 3.00. The maximum absolute atomic E-state index is 12.3. The summed E-state index contributed by atoms with van der Waals surface area (Å²) in [6.07, 6.45) is 0.492. The van der Waals surface area contributed by atoms with Crippen LogP contribution in [-0.4, -0.2) is 55.2 Å². The van der Waals surface area contributed by atoms with E-state index < -0.39 is 16.3 Å². The van der Waals surface area contributed by atoms with E-state index >= 15 is 0 Å². The Morgan fingerprint density at radius 3 is 2.41 bits per heavy atom. The van der Waals surface area contributed by atoms with Crippen molar-refractivity contribution in [2.24, 2.45) is 0 Å². The lowest BCUT2D eigenvalue weighted by Gasteiger charge is -2.36. The highest BCUT2D eigenvalue weighted by molar-refractivity contribution is 7.86. The number of rotatable bonds is 5.